The first kappa shape index (κ1) is 40.8. The minimum absolute atomic E-state index is 0.682. The molecule has 0 fully saturated rings. The molecule has 0 aliphatic carbocycles. The molecular formula is C69H46O5. The van der Waals surface area contributed by atoms with Crippen molar-refractivity contribution in [2.45, 2.75) is 58.3 Å². The third kappa shape index (κ3) is 5.28. The van der Waals surface area contributed by atoms with Crippen molar-refractivity contribution < 1.29 is 22.1 Å². The lowest BCUT2D eigenvalue weighted by atomic mass is 9.92. The number of unbranched alkanes of at least 4 members (excludes halogenated alkanes) is 6. The lowest BCUT2D eigenvalue weighted by Gasteiger charge is -2.08. The van der Waals surface area contributed by atoms with Crippen LogP contribution in [0.5, 0.6) is 0 Å². The van der Waals surface area contributed by atoms with E-state index in [-0.39, 0.29) is 0 Å². The van der Waals surface area contributed by atoms with Gasteiger partial charge in [-0.15, -0.1) is 0 Å². The second-order valence-electron chi connectivity index (χ2n) is 20.8. The number of hydrogen-bond donors (Lipinski definition) is 0. The predicted octanol–water partition coefficient (Wildman–Crippen LogP) is 21.4. The van der Waals surface area contributed by atoms with Gasteiger partial charge in [0.05, 0.1) is 0 Å². The van der Waals surface area contributed by atoms with Crippen molar-refractivity contribution in [2.75, 3.05) is 0 Å². The van der Waals surface area contributed by atoms with Gasteiger partial charge in [-0.2, -0.15) is 0 Å². The molecule has 12 aromatic carbocycles. The Hall–Kier alpha value is -8.80. The van der Waals surface area contributed by atoms with Gasteiger partial charge in [0.1, 0.15) is 11.2 Å². The number of fused-ring (bicyclic) bond motifs is 35. The zero-order chi connectivity index (χ0) is 48.3. The zero-order valence-electron chi connectivity index (χ0n) is 40.8. The van der Waals surface area contributed by atoms with Gasteiger partial charge < -0.3 is 22.1 Å². The Kier molecular flexibility index (Phi) is 8.33. The second kappa shape index (κ2) is 15.1. The molecule has 0 bridgehead atoms. The summed E-state index contributed by atoms with van der Waals surface area (Å²) in [6.45, 7) is 2.28. The molecule has 0 spiro atoms. The van der Waals surface area contributed by atoms with Crippen LogP contribution in [0.1, 0.15) is 57.4 Å². The van der Waals surface area contributed by atoms with E-state index >= 15 is 0 Å². The molecule has 0 saturated carbocycles. The molecule has 5 heteroatoms. The molecule has 352 valence electrons. The minimum Gasteiger partial charge on any atom is -0.452 e. The van der Waals surface area contributed by atoms with E-state index in [4.69, 9.17) is 22.1 Å². The molecule has 17 aromatic rings. The zero-order valence-corrected chi connectivity index (χ0v) is 40.8. The molecule has 0 N–H and O–H groups in total. The largest absolute Gasteiger partial charge is 0.452 e. The highest BCUT2D eigenvalue weighted by molar-refractivity contribution is 6.46. The molecule has 5 nitrogen and oxygen atoms in total. The van der Waals surface area contributed by atoms with Crippen LogP contribution in [-0.4, -0.2) is 0 Å². The summed E-state index contributed by atoms with van der Waals surface area (Å²) in [4.78, 5) is 0. The molecule has 74 heavy (non-hydrogen) atoms. The van der Waals surface area contributed by atoms with E-state index in [1.807, 2.05) is 0 Å². The summed E-state index contributed by atoms with van der Waals surface area (Å²) < 4.78 is 36.7. The van der Waals surface area contributed by atoms with Gasteiger partial charge in [0.25, 0.3) is 0 Å². The SMILES string of the molecule is CCCCCCCCCc1cc2ccccc2c2c1oc1c3oc4c5oc6c7oc8c9oc%10ccc%11ccccc%11c%10c9c9ccccc9c8c7c7ccccc7c6c5c5ccccc5c4c3c3ccccc3c12. The highest BCUT2D eigenvalue weighted by atomic mass is 16.4. The Morgan fingerprint density at radius 3 is 1.00 bits per heavy atom. The van der Waals surface area contributed by atoms with Gasteiger partial charge in [-0.05, 0) is 95.2 Å². The van der Waals surface area contributed by atoms with Gasteiger partial charge in [-0.1, -0.05) is 197 Å². The summed E-state index contributed by atoms with van der Waals surface area (Å²) in [7, 11) is 0. The van der Waals surface area contributed by atoms with Crippen LogP contribution in [0, 0.1) is 0 Å². The Bertz CT molecular complexity index is 5280. The molecule has 0 aliphatic heterocycles. The van der Waals surface area contributed by atoms with Crippen molar-refractivity contribution in [3.63, 3.8) is 0 Å². The Balaban J connectivity index is 1.01. The van der Waals surface area contributed by atoms with E-state index in [2.05, 4.69) is 171 Å². The standard InChI is InChI=1S/C69H46O5/c1-2-3-4-5-6-7-8-23-39-36-38-22-10-12-25-41(38)52-54-44-28-15-16-29-45(44)57-58-48-32-19-20-33-49(48)60-59-47-31-18-17-30-46(47)56-55-43-27-14-13-26-42(43)53-51-40-24-11-9-21-37(40)34-35-50(51)70-62(53)63(55)72-66(56)67(59)74-69(60)68(58)73-65(57)64(54)71-61(39)52/h9-22,24-36H,2-8,23H2,1H3. The second-order valence-corrected chi connectivity index (χ2v) is 20.8. The number of hydrogen-bond acceptors (Lipinski definition) is 5. The van der Waals surface area contributed by atoms with Crippen molar-refractivity contribution in [2.24, 2.45) is 0 Å². The molecule has 0 radical (unpaired) electrons. The lowest BCUT2D eigenvalue weighted by Crippen LogP contribution is -1.89. The van der Waals surface area contributed by atoms with Crippen molar-refractivity contribution >= 4 is 174 Å². The van der Waals surface area contributed by atoms with Gasteiger partial charge in [-0.25, -0.2) is 0 Å². The fourth-order valence-corrected chi connectivity index (χ4v) is 13.7. The summed E-state index contributed by atoms with van der Waals surface area (Å²) in [6, 6.07) is 59.0. The van der Waals surface area contributed by atoms with Gasteiger partial charge in [-0.3, -0.25) is 0 Å². The van der Waals surface area contributed by atoms with E-state index in [0.717, 1.165) is 143 Å². The summed E-state index contributed by atoms with van der Waals surface area (Å²) >= 11 is 0. The van der Waals surface area contributed by atoms with Crippen LogP contribution < -0.4 is 0 Å². The third-order valence-corrected chi connectivity index (χ3v) is 16.8. The first-order valence-corrected chi connectivity index (χ1v) is 26.6. The van der Waals surface area contributed by atoms with Crippen LogP contribution in [0.25, 0.3) is 174 Å². The average Bonchev–Trinajstić information content (AvgIpc) is 4.30. The number of rotatable bonds is 8. The van der Waals surface area contributed by atoms with E-state index in [1.54, 1.807) is 0 Å². The molecule has 17 rings (SSSR count). The average molecular weight is 955 g/mol. The van der Waals surface area contributed by atoms with Crippen LogP contribution in [-0.2, 0) is 6.42 Å². The first-order chi connectivity index (χ1) is 36.7. The third-order valence-electron chi connectivity index (χ3n) is 16.8. The predicted molar refractivity (Wildman–Crippen MR) is 310 cm³/mol. The smallest absolute Gasteiger partial charge is 0.179 e. The Morgan fingerprint density at radius 1 is 0.257 bits per heavy atom. The van der Waals surface area contributed by atoms with E-state index in [0.29, 0.717) is 27.9 Å². The van der Waals surface area contributed by atoms with Crippen molar-refractivity contribution in [1.82, 2.24) is 0 Å². The van der Waals surface area contributed by atoms with E-state index in [9.17, 15) is 0 Å². The van der Waals surface area contributed by atoms with Gasteiger partial charge in [0.2, 0.25) is 0 Å². The lowest BCUT2D eigenvalue weighted by molar-refractivity contribution is 0.586. The summed E-state index contributed by atoms with van der Waals surface area (Å²) in [5.41, 5.74) is 8.75. The molecule has 5 aromatic heterocycles. The summed E-state index contributed by atoms with van der Waals surface area (Å²) in [5.74, 6) is 0. The summed E-state index contributed by atoms with van der Waals surface area (Å²) in [6.07, 6.45) is 9.76. The van der Waals surface area contributed by atoms with E-state index < -0.39 is 0 Å². The number of aryl methyl sites for hydroxylation is 1. The topological polar surface area (TPSA) is 65.7 Å². The van der Waals surface area contributed by atoms with E-state index in [1.165, 1.54) is 60.2 Å². The normalized spacial score (nSPS) is 12.8. The quantitative estimate of drug-likeness (QED) is 0.142. The molecule has 0 unspecified atom stereocenters. The molecule has 0 aliphatic rings. The highest BCUT2D eigenvalue weighted by Gasteiger charge is 2.31. The first-order valence-electron chi connectivity index (χ1n) is 26.6. The van der Waals surface area contributed by atoms with Gasteiger partial charge in [0.15, 0.2) is 44.7 Å². The monoisotopic (exact) mass is 954 g/mol. The summed E-state index contributed by atoms with van der Waals surface area (Å²) in [5, 5.41) is 24.1. The van der Waals surface area contributed by atoms with Crippen LogP contribution in [0.15, 0.2) is 186 Å². The maximum atomic E-state index is 7.49. The Labute approximate surface area is 422 Å². The van der Waals surface area contributed by atoms with Crippen LogP contribution >= 0.6 is 0 Å². The molecule has 0 amide bonds. The molecule has 0 saturated heterocycles. The van der Waals surface area contributed by atoms with Gasteiger partial charge >= 0.3 is 0 Å². The number of furan rings is 5. The fraction of sp³-hybridized carbons (Fsp3) is 0.130. The van der Waals surface area contributed by atoms with Crippen LogP contribution in [0.2, 0.25) is 0 Å². The Morgan fingerprint density at radius 2 is 0.568 bits per heavy atom. The molecule has 0 atom stereocenters. The fourth-order valence-electron chi connectivity index (χ4n) is 13.7. The molecule has 5 heterocycles. The molecular weight excluding hydrogens is 909 g/mol. The maximum absolute atomic E-state index is 7.49. The minimum atomic E-state index is 0.682. The van der Waals surface area contributed by atoms with Crippen molar-refractivity contribution in [3.05, 3.63) is 169 Å². The van der Waals surface area contributed by atoms with Crippen LogP contribution in [0.4, 0.5) is 0 Å². The van der Waals surface area contributed by atoms with Crippen LogP contribution in [0.3, 0.4) is 0 Å². The van der Waals surface area contributed by atoms with Crippen molar-refractivity contribution in [3.8, 4) is 0 Å². The van der Waals surface area contributed by atoms with Gasteiger partial charge in [0, 0.05) is 53.9 Å². The maximum Gasteiger partial charge on any atom is 0.179 e. The van der Waals surface area contributed by atoms with Crippen molar-refractivity contribution in [1.29, 1.82) is 0 Å². The number of benzene rings is 12. The highest BCUT2D eigenvalue weighted by Crippen LogP contribution is 2.55.